The molecule has 1 amide bonds. The van der Waals surface area contributed by atoms with Crippen LogP contribution in [-0.4, -0.2) is 49.5 Å². The third-order valence-electron chi connectivity index (χ3n) is 4.10. The van der Waals surface area contributed by atoms with Crippen molar-refractivity contribution in [3.05, 3.63) is 35.4 Å². The SMILES string of the molecule is CCNC(=NCCCN1CCCC1=O)NCCc1c(F)cccc1F.I. The van der Waals surface area contributed by atoms with Crippen LogP contribution < -0.4 is 10.6 Å². The molecule has 146 valence electrons. The van der Waals surface area contributed by atoms with E-state index in [4.69, 9.17) is 0 Å². The molecule has 1 heterocycles. The summed E-state index contributed by atoms with van der Waals surface area (Å²) in [6.45, 7) is 5.19. The predicted molar refractivity (Wildman–Crippen MR) is 110 cm³/mol. The Kier molecular flexibility index (Phi) is 10.5. The summed E-state index contributed by atoms with van der Waals surface area (Å²) in [4.78, 5) is 17.9. The van der Waals surface area contributed by atoms with Crippen molar-refractivity contribution < 1.29 is 13.6 Å². The molecule has 1 aliphatic rings. The zero-order chi connectivity index (χ0) is 18.1. The molecule has 0 bridgehead atoms. The van der Waals surface area contributed by atoms with Gasteiger partial charge in [0.05, 0.1) is 0 Å². The van der Waals surface area contributed by atoms with Gasteiger partial charge in [0.25, 0.3) is 0 Å². The van der Waals surface area contributed by atoms with Gasteiger partial charge in [-0.2, -0.15) is 0 Å². The lowest BCUT2D eigenvalue weighted by atomic mass is 10.1. The van der Waals surface area contributed by atoms with E-state index in [-0.39, 0.29) is 41.9 Å². The van der Waals surface area contributed by atoms with Gasteiger partial charge >= 0.3 is 0 Å². The number of hydrogen-bond acceptors (Lipinski definition) is 2. The average molecular weight is 480 g/mol. The standard InChI is InChI=1S/C18H26F2N4O.HI/c1-2-21-18(22-10-5-13-24-12-4-8-17(24)25)23-11-9-14-15(19)6-3-7-16(14)20;/h3,6-7H,2,4-5,8-13H2,1H3,(H2,21,22,23);1H. The summed E-state index contributed by atoms with van der Waals surface area (Å²) in [6.07, 6.45) is 2.63. The second-order valence-corrected chi connectivity index (χ2v) is 5.98. The van der Waals surface area contributed by atoms with Gasteiger partial charge in [0, 0.05) is 44.7 Å². The number of guanidine groups is 1. The topological polar surface area (TPSA) is 56.7 Å². The molecule has 1 aromatic rings. The number of carbonyl (C=O) groups excluding carboxylic acids is 1. The maximum atomic E-state index is 13.6. The first-order chi connectivity index (χ1) is 12.1. The number of likely N-dealkylation sites (tertiary alicyclic amines) is 1. The highest BCUT2D eigenvalue weighted by Gasteiger charge is 2.18. The van der Waals surface area contributed by atoms with Crippen molar-refractivity contribution in [2.45, 2.75) is 32.6 Å². The minimum absolute atomic E-state index is 0. The first kappa shape index (κ1) is 22.6. The average Bonchev–Trinajstić information content (AvgIpc) is 2.99. The largest absolute Gasteiger partial charge is 0.357 e. The van der Waals surface area contributed by atoms with Crippen LogP contribution in [0, 0.1) is 11.6 Å². The first-order valence-electron chi connectivity index (χ1n) is 8.84. The van der Waals surface area contributed by atoms with Gasteiger partial charge in [0.15, 0.2) is 5.96 Å². The molecule has 0 saturated carbocycles. The number of hydrogen-bond donors (Lipinski definition) is 2. The van der Waals surface area contributed by atoms with Crippen LogP contribution in [-0.2, 0) is 11.2 Å². The number of carbonyl (C=O) groups is 1. The summed E-state index contributed by atoms with van der Waals surface area (Å²) in [7, 11) is 0. The van der Waals surface area contributed by atoms with Gasteiger partial charge in [0.2, 0.25) is 5.91 Å². The molecule has 26 heavy (non-hydrogen) atoms. The lowest BCUT2D eigenvalue weighted by molar-refractivity contribution is -0.127. The van der Waals surface area contributed by atoms with Crippen LogP contribution in [0.2, 0.25) is 0 Å². The Balaban J connectivity index is 0.00000338. The van der Waals surface area contributed by atoms with E-state index in [0.29, 0.717) is 32.0 Å². The maximum absolute atomic E-state index is 13.6. The normalized spacial score (nSPS) is 14.3. The van der Waals surface area contributed by atoms with E-state index in [9.17, 15) is 13.6 Å². The second kappa shape index (κ2) is 12.0. The zero-order valence-corrected chi connectivity index (χ0v) is 17.4. The van der Waals surface area contributed by atoms with E-state index in [1.165, 1.54) is 18.2 Å². The van der Waals surface area contributed by atoms with Crippen molar-refractivity contribution in [3.63, 3.8) is 0 Å². The molecule has 1 saturated heterocycles. The monoisotopic (exact) mass is 480 g/mol. The molecule has 8 heteroatoms. The molecule has 0 aliphatic carbocycles. The summed E-state index contributed by atoms with van der Waals surface area (Å²) in [5.41, 5.74) is 0.0818. The number of halogens is 3. The molecule has 0 aromatic heterocycles. The first-order valence-corrected chi connectivity index (χ1v) is 8.84. The van der Waals surface area contributed by atoms with Crippen molar-refractivity contribution in [1.29, 1.82) is 0 Å². The molecule has 0 unspecified atom stereocenters. The summed E-state index contributed by atoms with van der Waals surface area (Å²) in [5, 5.41) is 6.19. The third-order valence-corrected chi connectivity index (χ3v) is 4.10. The molecular formula is C18H27F2IN4O. The number of nitrogens with zero attached hydrogens (tertiary/aromatic N) is 2. The number of benzene rings is 1. The summed E-state index contributed by atoms with van der Waals surface area (Å²) in [5.74, 6) is -0.217. The molecule has 1 aromatic carbocycles. The molecular weight excluding hydrogens is 453 g/mol. The summed E-state index contributed by atoms with van der Waals surface area (Å²) < 4.78 is 27.2. The number of aliphatic imine (C=N–C) groups is 1. The van der Waals surface area contributed by atoms with Crippen molar-refractivity contribution in [2.75, 3.05) is 32.7 Å². The molecule has 5 nitrogen and oxygen atoms in total. The van der Waals surface area contributed by atoms with Gasteiger partial charge in [-0.05, 0) is 38.3 Å². The second-order valence-electron chi connectivity index (χ2n) is 5.98. The van der Waals surface area contributed by atoms with Crippen LogP contribution in [0.1, 0.15) is 31.7 Å². The number of rotatable bonds is 8. The van der Waals surface area contributed by atoms with Crippen molar-refractivity contribution in [3.8, 4) is 0 Å². The predicted octanol–water partition coefficient (Wildman–Crippen LogP) is 2.69. The van der Waals surface area contributed by atoms with E-state index >= 15 is 0 Å². The van der Waals surface area contributed by atoms with Crippen molar-refractivity contribution in [2.24, 2.45) is 4.99 Å². The Morgan fingerprint density at radius 2 is 2.00 bits per heavy atom. The smallest absolute Gasteiger partial charge is 0.222 e. The Labute approximate surface area is 170 Å². The lowest BCUT2D eigenvalue weighted by Crippen LogP contribution is -2.38. The molecule has 0 spiro atoms. The van der Waals surface area contributed by atoms with Gasteiger partial charge in [0.1, 0.15) is 11.6 Å². The van der Waals surface area contributed by atoms with Crippen LogP contribution in [0.4, 0.5) is 8.78 Å². The van der Waals surface area contributed by atoms with E-state index in [0.717, 1.165) is 25.9 Å². The molecule has 1 fully saturated rings. The van der Waals surface area contributed by atoms with E-state index in [1.807, 2.05) is 11.8 Å². The maximum Gasteiger partial charge on any atom is 0.222 e. The van der Waals surface area contributed by atoms with E-state index in [1.54, 1.807) is 0 Å². The van der Waals surface area contributed by atoms with Crippen molar-refractivity contribution >= 4 is 35.8 Å². The van der Waals surface area contributed by atoms with Crippen LogP contribution in [0.3, 0.4) is 0 Å². The molecule has 1 aliphatic heterocycles. The van der Waals surface area contributed by atoms with E-state index < -0.39 is 11.6 Å². The molecule has 2 N–H and O–H groups in total. The summed E-state index contributed by atoms with van der Waals surface area (Å²) >= 11 is 0. The molecule has 0 radical (unpaired) electrons. The molecule has 0 atom stereocenters. The zero-order valence-electron chi connectivity index (χ0n) is 15.1. The van der Waals surface area contributed by atoms with Gasteiger partial charge in [-0.25, -0.2) is 8.78 Å². The van der Waals surface area contributed by atoms with Gasteiger partial charge < -0.3 is 15.5 Å². The van der Waals surface area contributed by atoms with Crippen LogP contribution in [0.15, 0.2) is 23.2 Å². The third kappa shape index (κ3) is 7.05. The fourth-order valence-corrected chi connectivity index (χ4v) is 2.81. The quantitative estimate of drug-likeness (QED) is 0.261. The van der Waals surface area contributed by atoms with Gasteiger partial charge in [-0.1, -0.05) is 6.07 Å². The fourth-order valence-electron chi connectivity index (χ4n) is 2.81. The van der Waals surface area contributed by atoms with E-state index in [2.05, 4.69) is 15.6 Å². The minimum atomic E-state index is -0.529. The van der Waals surface area contributed by atoms with Crippen LogP contribution in [0.25, 0.3) is 0 Å². The highest BCUT2D eigenvalue weighted by Crippen LogP contribution is 2.12. The number of amides is 1. The highest BCUT2D eigenvalue weighted by molar-refractivity contribution is 14.0. The molecule has 2 rings (SSSR count). The Morgan fingerprint density at radius 1 is 1.27 bits per heavy atom. The fraction of sp³-hybridized carbons (Fsp3) is 0.556. The Bertz CT molecular complexity index is 593. The van der Waals surface area contributed by atoms with Crippen molar-refractivity contribution in [1.82, 2.24) is 15.5 Å². The Hall–Kier alpha value is -1.45. The van der Waals surface area contributed by atoms with Crippen LogP contribution in [0.5, 0.6) is 0 Å². The highest BCUT2D eigenvalue weighted by atomic mass is 127. The number of nitrogens with one attached hydrogen (secondary N) is 2. The Morgan fingerprint density at radius 3 is 2.62 bits per heavy atom. The minimum Gasteiger partial charge on any atom is -0.357 e. The van der Waals surface area contributed by atoms with Gasteiger partial charge in [-0.3, -0.25) is 9.79 Å². The summed E-state index contributed by atoms with van der Waals surface area (Å²) in [6, 6.07) is 3.88. The lowest BCUT2D eigenvalue weighted by Gasteiger charge is -2.15. The van der Waals surface area contributed by atoms with Crippen LogP contribution >= 0.6 is 24.0 Å². The van der Waals surface area contributed by atoms with Gasteiger partial charge in [-0.15, -0.1) is 24.0 Å².